The molecule has 8 nitrogen and oxygen atoms in total. The molecule has 0 saturated heterocycles. The van der Waals surface area contributed by atoms with Crippen molar-refractivity contribution in [2.75, 3.05) is 5.32 Å². The normalized spacial score (nSPS) is 13.4. The number of carbonyl (C=O) groups is 2. The van der Waals surface area contributed by atoms with Crippen molar-refractivity contribution in [3.8, 4) is 0 Å². The first-order chi connectivity index (χ1) is 10.6. The van der Waals surface area contributed by atoms with Gasteiger partial charge in [-0.25, -0.2) is 4.79 Å². The van der Waals surface area contributed by atoms with Crippen molar-refractivity contribution in [3.05, 3.63) is 47.4 Å². The molecule has 8 heteroatoms. The molecular weight excluding hydrogens is 284 g/mol. The van der Waals surface area contributed by atoms with Crippen LogP contribution in [0.5, 0.6) is 0 Å². The number of aromatic nitrogens is 3. The first-order valence-electron chi connectivity index (χ1n) is 6.63. The molecule has 3 amide bonds. The van der Waals surface area contributed by atoms with Gasteiger partial charge in [0.1, 0.15) is 0 Å². The van der Waals surface area contributed by atoms with Crippen LogP contribution in [0.4, 0.5) is 10.6 Å². The fraction of sp³-hybridized carbons (Fsp3) is 0.143. The molecule has 0 fully saturated rings. The zero-order valence-corrected chi connectivity index (χ0v) is 11.6. The number of urea groups is 1. The molecule has 2 aromatic heterocycles. The molecule has 3 heterocycles. The molecule has 3 rings (SSSR count). The van der Waals surface area contributed by atoms with Crippen molar-refractivity contribution in [1.29, 1.82) is 0 Å². The quantitative estimate of drug-likeness (QED) is 0.728. The molecule has 0 aromatic carbocycles. The van der Waals surface area contributed by atoms with Gasteiger partial charge in [0.25, 0.3) is 0 Å². The minimum absolute atomic E-state index is 0.310. The highest BCUT2D eigenvalue weighted by atomic mass is 16.2. The highest BCUT2D eigenvalue weighted by Crippen LogP contribution is 2.26. The second kappa shape index (κ2) is 5.68. The molecule has 1 aliphatic heterocycles. The van der Waals surface area contributed by atoms with Gasteiger partial charge in [-0.2, -0.15) is 5.10 Å². The van der Waals surface area contributed by atoms with Crippen LogP contribution in [0, 0.1) is 0 Å². The van der Waals surface area contributed by atoms with E-state index in [4.69, 9.17) is 5.73 Å². The molecule has 0 bridgehead atoms. The summed E-state index contributed by atoms with van der Waals surface area (Å²) in [4.78, 5) is 28.5. The first kappa shape index (κ1) is 13.8. The van der Waals surface area contributed by atoms with E-state index in [1.807, 2.05) is 6.07 Å². The molecule has 0 saturated carbocycles. The lowest BCUT2D eigenvalue weighted by molar-refractivity contribution is -0.111. The van der Waals surface area contributed by atoms with E-state index >= 15 is 0 Å². The number of hydrogen-bond acceptors (Lipinski definition) is 4. The SMILES string of the molecule is NC(=O)N1Cc2[nH]nc(NC(=O)C=Cc3cccnc3)c2C1. The highest BCUT2D eigenvalue weighted by molar-refractivity contribution is 6.01. The predicted octanol–water partition coefficient (Wildman–Crippen LogP) is 0.851. The summed E-state index contributed by atoms with van der Waals surface area (Å²) in [5.41, 5.74) is 7.63. The van der Waals surface area contributed by atoms with Gasteiger partial charge in [-0.1, -0.05) is 6.07 Å². The second-order valence-corrected chi connectivity index (χ2v) is 4.83. The molecule has 0 unspecified atom stereocenters. The molecule has 0 aliphatic carbocycles. The van der Waals surface area contributed by atoms with E-state index in [1.165, 1.54) is 11.0 Å². The maximum absolute atomic E-state index is 11.9. The van der Waals surface area contributed by atoms with Crippen LogP contribution in [-0.2, 0) is 17.9 Å². The summed E-state index contributed by atoms with van der Waals surface area (Å²) in [5.74, 6) is 0.107. The molecule has 0 atom stereocenters. The van der Waals surface area contributed by atoms with Crippen LogP contribution in [0.15, 0.2) is 30.6 Å². The van der Waals surface area contributed by atoms with Gasteiger partial charge in [0.2, 0.25) is 5.91 Å². The smallest absolute Gasteiger partial charge is 0.315 e. The average Bonchev–Trinajstić information content (AvgIpc) is 3.08. The Bertz CT molecular complexity index is 737. The molecule has 2 aromatic rings. The molecule has 22 heavy (non-hydrogen) atoms. The largest absolute Gasteiger partial charge is 0.351 e. The van der Waals surface area contributed by atoms with Crippen molar-refractivity contribution in [2.45, 2.75) is 13.1 Å². The van der Waals surface area contributed by atoms with Gasteiger partial charge in [0.15, 0.2) is 5.82 Å². The number of hydrogen-bond donors (Lipinski definition) is 3. The van der Waals surface area contributed by atoms with E-state index < -0.39 is 6.03 Å². The predicted molar refractivity (Wildman–Crippen MR) is 79.3 cm³/mol. The Hall–Kier alpha value is -3.16. The zero-order valence-electron chi connectivity index (χ0n) is 11.6. The summed E-state index contributed by atoms with van der Waals surface area (Å²) in [6.07, 6.45) is 6.37. The Labute approximate surface area is 126 Å². The van der Waals surface area contributed by atoms with Crippen molar-refractivity contribution >= 4 is 23.8 Å². The van der Waals surface area contributed by atoms with E-state index in [0.717, 1.165) is 16.8 Å². The number of primary amides is 1. The maximum atomic E-state index is 11.9. The fourth-order valence-electron chi connectivity index (χ4n) is 2.20. The molecule has 0 spiro atoms. The Balaban J connectivity index is 1.67. The third-order valence-electron chi connectivity index (χ3n) is 3.32. The summed E-state index contributed by atoms with van der Waals surface area (Å²) >= 11 is 0. The van der Waals surface area contributed by atoms with Crippen molar-refractivity contribution < 1.29 is 9.59 Å². The zero-order chi connectivity index (χ0) is 15.5. The van der Waals surface area contributed by atoms with E-state index in [9.17, 15) is 9.59 Å². The van der Waals surface area contributed by atoms with Crippen molar-refractivity contribution in [2.24, 2.45) is 5.73 Å². The van der Waals surface area contributed by atoms with Crippen LogP contribution >= 0.6 is 0 Å². The molecule has 0 radical (unpaired) electrons. The number of nitrogens with zero attached hydrogens (tertiary/aromatic N) is 3. The molecular formula is C14H14N6O2. The van der Waals surface area contributed by atoms with Crippen LogP contribution in [0.3, 0.4) is 0 Å². The number of nitrogens with one attached hydrogen (secondary N) is 2. The third kappa shape index (κ3) is 2.80. The van der Waals surface area contributed by atoms with E-state index in [-0.39, 0.29) is 5.91 Å². The minimum atomic E-state index is -0.502. The summed E-state index contributed by atoms with van der Waals surface area (Å²) in [6.45, 7) is 0.710. The number of fused-ring (bicyclic) bond motifs is 1. The second-order valence-electron chi connectivity index (χ2n) is 4.83. The Morgan fingerprint density at radius 2 is 2.27 bits per heavy atom. The number of anilines is 1. The lowest BCUT2D eigenvalue weighted by Gasteiger charge is -2.11. The van der Waals surface area contributed by atoms with Crippen molar-refractivity contribution in [3.63, 3.8) is 0 Å². The highest BCUT2D eigenvalue weighted by Gasteiger charge is 2.27. The number of H-pyrrole nitrogens is 1. The van der Waals surface area contributed by atoms with Gasteiger partial charge in [0, 0.05) is 24.0 Å². The molecule has 4 N–H and O–H groups in total. The standard InChI is InChI=1S/C14H14N6O2/c15-14(22)20-7-10-11(8-20)18-19-13(10)17-12(21)4-3-9-2-1-5-16-6-9/h1-6H,7-8H2,(H2,15,22)(H2,17,18,19,21). The van der Waals surface area contributed by atoms with E-state index in [0.29, 0.717) is 18.9 Å². The first-order valence-corrected chi connectivity index (χ1v) is 6.63. The number of aromatic amines is 1. The molecule has 1 aliphatic rings. The van der Waals surface area contributed by atoms with Gasteiger partial charge in [-0.05, 0) is 17.7 Å². The van der Waals surface area contributed by atoms with Crippen LogP contribution in [-0.4, -0.2) is 32.0 Å². The lowest BCUT2D eigenvalue weighted by atomic mass is 10.2. The number of carbonyl (C=O) groups excluding carboxylic acids is 2. The van der Waals surface area contributed by atoms with Crippen LogP contribution < -0.4 is 11.1 Å². The summed E-state index contributed by atoms with van der Waals surface area (Å²) in [7, 11) is 0. The van der Waals surface area contributed by atoms with Crippen LogP contribution in [0.25, 0.3) is 6.08 Å². The Kier molecular flexibility index (Phi) is 3.57. The van der Waals surface area contributed by atoms with Crippen LogP contribution in [0.2, 0.25) is 0 Å². The summed E-state index contributed by atoms with van der Waals surface area (Å²) in [6, 6.07) is 3.13. The Morgan fingerprint density at radius 1 is 1.41 bits per heavy atom. The van der Waals surface area contributed by atoms with Crippen LogP contribution in [0.1, 0.15) is 16.8 Å². The van der Waals surface area contributed by atoms with Gasteiger partial charge >= 0.3 is 6.03 Å². The van der Waals surface area contributed by atoms with Crippen molar-refractivity contribution in [1.82, 2.24) is 20.1 Å². The maximum Gasteiger partial charge on any atom is 0.315 e. The third-order valence-corrected chi connectivity index (χ3v) is 3.32. The minimum Gasteiger partial charge on any atom is -0.351 e. The topological polar surface area (TPSA) is 117 Å². The average molecular weight is 298 g/mol. The fourth-order valence-corrected chi connectivity index (χ4v) is 2.20. The van der Waals surface area contributed by atoms with E-state index in [1.54, 1.807) is 24.5 Å². The number of pyridine rings is 1. The Morgan fingerprint density at radius 3 is 3.00 bits per heavy atom. The number of rotatable bonds is 3. The van der Waals surface area contributed by atoms with E-state index in [2.05, 4.69) is 20.5 Å². The van der Waals surface area contributed by atoms with Gasteiger partial charge in [0.05, 0.1) is 18.8 Å². The monoisotopic (exact) mass is 298 g/mol. The molecule has 112 valence electrons. The summed E-state index contributed by atoms with van der Waals surface area (Å²) in [5, 5.41) is 9.53. The summed E-state index contributed by atoms with van der Waals surface area (Å²) < 4.78 is 0. The lowest BCUT2D eigenvalue weighted by Crippen LogP contribution is -2.31. The van der Waals surface area contributed by atoms with Gasteiger partial charge < -0.3 is 16.0 Å². The number of nitrogens with two attached hydrogens (primary N) is 1. The number of amides is 3. The van der Waals surface area contributed by atoms with Gasteiger partial charge in [-0.3, -0.25) is 14.9 Å². The van der Waals surface area contributed by atoms with Gasteiger partial charge in [-0.15, -0.1) is 0 Å².